The Balaban J connectivity index is 2.02. The predicted molar refractivity (Wildman–Crippen MR) is 75.0 cm³/mol. The van der Waals surface area contributed by atoms with Crippen molar-refractivity contribution in [2.75, 3.05) is 6.54 Å². The van der Waals surface area contributed by atoms with Crippen molar-refractivity contribution in [1.29, 1.82) is 0 Å². The quantitative estimate of drug-likeness (QED) is 0.772. The van der Waals surface area contributed by atoms with Gasteiger partial charge < -0.3 is 5.11 Å². The Morgan fingerprint density at radius 3 is 2.47 bits per heavy atom. The Labute approximate surface area is 116 Å². The van der Waals surface area contributed by atoms with E-state index < -0.39 is 16.3 Å². The van der Waals surface area contributed by atoms with Crippen molar-refractivity contribution >= 4 is 10.2 Å². The summed E-state index contributed by atoms with van der Waals surface area (Å²) in [5, 5.41) is 10.0. The van der Waals surface area contributed by atoms with E-state index in [1.54, 1.807) is 4.31 Å². The van der Waals surface area contributed by atoms with Crippen LogP contribution in [0, 0.1) is 0 Å². The van der Waals surface area contributed by atoms with Crippen molar-refractivity contribution in [2.45, 2.75) is 76.5 Å². The van der Waals surface area contributed by atoms with Gasteiger partial charge in [-0.15, -0.1) is 0 Å². The van der Waals surface area contributed by atoms with Gasteiger partial charge in [-0.05, 0) is 32.6 Å². The van der Waals surface area contributed by atoms with Crippen LogP contribution in [0.25, 0.3) is 0 Å². The average Bonchev–Trinajstić information content (AvgIpc) is 2.55. The lowest BCUT2D eigenvalue weighted by molar-refractivity contribution is 0.128. The zero-order valence-electron chi connectivity index (χ0n) is 11.7. The molecule has 2 rings (SSSR count). The van der Waals surface area contributed by atoms with E-state index in [0.717, 1.165) is 44.9 Å². The fourth-order valence-corrected chi connectivity index (χ4v) is 4.85. The number of rotatable bonds is 3. The minimum absolute atomic E-state index is 0.0640. The van der Waals surface area contributed by atoms with Gasteiger partial charge in [-0.1, -0.05) is 25.7 Å². The molecule has 2 N–H and O–H groups in total. The van der Waals surface area contributed by atoms with E-state index >= 15 is 0 Å². The molecule has 0 radical (unpaired) electrons. The Hall–Kier alpha value is -0.170. The Morgan fingerprint density at radius 1 is 1.05 bits per heavy atom. The summed E-state index contributed by atoms with van der Waals surface area (Å²) in [7, 11) is -3.46. The number of aliphatic hydroxyl groups is 1. The molecule has 1 heterocycles. The van der Waals surface area contributed by atoms with E-state index in [9.17, 15) is 13.5 Å². The first kappa shape index (κ1) is 15.2. The van der Waals surface area contributed by atoms with Crippen molar-refractivity contribution in [2.24, 2.45) is 0 Å². The maximum absolute atomic E-state index is 12.4. The zero-order chi connectivity index (χ0) is 13.9. The molecule has 19 heavy (non-hydrogen) atoms. The first-order chi connectivity index (χ1) is 9.00. The molecule has 5 nitrogen and oxygen atoms in total. The van der Waals surface area contributed by atoms with Crippen LogP contribution in [-0.2, 0) is 10.2 Å². The number of nitrogens with zero attached hydrogens (tertiary/aromatic N) is 1. The minimum atomic E-state index is -3.46. The third kappa shape index (κ3) is 3.90. The maximum Gasteiger partial charge on any atom is 0.280 e. The summed E-state index contributed by atoms with van der Waals surface area (Å²) < 4.78 is 29.1. The standard InChI is InChI=1S/C13H26N2O3S/c1-11-7-5-6-10-15(11)19(17,18)14-12-8-3-2-4-9-13(12)16/h11-14,16H,2-10H2,1H3. The molecule has 0 aromatic heterocycles. The van der Waals surface area contributed by atoms with E-state index in [-0.39, 0.29) is 12.1 Å². The van der Waals surface area contributed by atoms with Crippen molar-refractivity contribution in [3.05, 3.63) is 0 Å². The largest absolute Gasteiger partial charge is 0.391 e. The normalized spacial score (nSPS) is 34.9. The van der Waals surface area contributed by atoms with Crippen molar-refractivity contribution in [3.63, 3.8) is 0 Å². The van der Waals surface area contributed by atoms with E-state index in [1.165, 1.54) is 0 Å². The van der Waals surface area contributed by atoms with E-state index in [2.05, 4.69) is 4.72 Å². The van der Waals surface area contributed by atoms with Gasteiger partial charge in [0.15, 0.2) is 0 Å². The Kier molecular flexibility index (Phi) is 5.22. The van der Waals surface area contributed by atoms with Crippen LogP contribution in [0.4, 0.5) is 0 Å². The molecular weight excluding hydrogens is 264 g/mol. The molecule has 2 fully saturated rings. The van der Waals surface area contributed by atoms with Gasteiger partial charge in [0.2, 0.25) is 0 Å². The second kappa shape index (κ2) is 6.52. The van der Waals surface area contributed by atoms with Crippen molar-refractivity contribution in [1.82, 2.24) is 9.03 Å². The van der Waals surface area contributed by atoms with Crippen LogP contribution < -0.4 is 4.72 Å². The summed E-state index contributed by atoms with van der Waals surface area (Å²) in [6, 6.07) is -0.254. The Bertz CT molecular complexity index is 385. The third-order valence-corrected chi connectivity index (χ3v) is 6.09. The van der Waals surface area contributed by atoms with E-state index in [4.69, 9.17) is 0 Å². The Morgan fingerprint density at radius 2 is 1.74 bits per heavy atom. The molecule has 2 aliphatic rings. The highest BCUT2D eigenvalue weighted by Crippen LogP contribution is 2.22. The first-order valence-corrected chi connectivity index (χ1v) is 8.92. The molecule has 1 saturated heterocycles. The van der Waals surface area contributed by atoms with Crippen LogP contribution in [-0.4, -0.2) is 42.6 Å². The minimum Gasteiger partial charge on any atom is -0.391 e. The summed E-state index contributed by atoms with van der Waals surface area (Å²) in [6.45, 7) is 2.56. The molecule has 1 aliphatic heterocycles. The van der Waals surface area contributed by atoms with Gasteiger partial charge in [0.05, 0.1) is 6.10 Å². The van der Waals surface area contributed by atoms with E-state index in [0.29, 0.717) is 13.0 Å². The lowest BCUT2D eigenvalue weighted by atomic mass is 10.1. The van der Waals surface area contributed by atoms with Gasteiger partial charge in [0, 0.05) is 18.6 Å². The zero-order valence-corrected chi connectivity index (χ0v) is 12.5. The molecule has 3 atom stereocenters. The molecule has 0 amide bonds. The maximum atomic E-state index is 12.4. The smallest absolute Gasteiger partial charge is 0.280 e. The summed E-state index contributed by atoms with van der Waals surface area (Å²) in [4.78, 5) is 0. The number of piperidine rings is 1. The van der Waals surface area contributed by atoms with Gasteiger partial charge in [-0.25, -0.2) is 0 Å². The fraction of sp³-hybridized carbons (Fsp3) is 1.00. The summed E-state index contributed by atoms with van der Waals surface area (Å²) in [6.07, 6.45) is 6.89. The summed E-state index contributed by atoms with van der Waals surface area (Å²) >= 11 is 0. The first-order valence-electron chi connectivity index (χ1n) is 7.48. The van der Waals surface area contributed by atoms with Crippen molar-refractivity contribution < 1.29 is 13.5 Å². The van der Waals surface area contributed by atoms with Crippen LogP contribution >= 0.6 is 0 Å². The molecule has 112 valence electrons. The number of hydrogen-bond acceptors (Lipinski definition) is 3. The monoisotopic (exact) mass is 290 g/mol. The topological polar surface area (TPSA) is 69.6 Å². The summed E-state index contributed by atoms with van der Waals surface area (Å²) in [5.41, 5.74) is 0. The summed E-state index contributed by atoms with van der Waals surface area (Å²) in [5.74, 6) is 0. The van der Waals surface area contributed by atoms with Crippen LogP contribution in [0.3, 0.4) is 0 Å². The molecule has 1 aliphatic carbocycles. The van der Waals surface area contributed by atoms with E-state index in [1.807, 2.05) is 6.92 Å². The van der Waals surface area contributed by atoms with Gasteiger partial charge in [0.25, 0.3) is 10.2 Å². The number of hydrogen-bond donors (Lipinski definition) is 2. The van der Waals surface area contributed by atoms with Gasteiger partial charge in [0.1, 0.15) is 0 Å². The SMILES string of the molecule is CC1CCCCN1S(=O)(=O)NC1CCCCCC1O. The van der Waals surface area contributed by atoms with Crippen molar-refractivity contribution in [3.8, 4) is 0 Å². The van der Waals surface area contributed by atoms with Crippen LogP contribution in [0.15, 0.2) is 0 Å². The average molecular weight is 290 g/mol. The predicted octanol–water partition coefficient (Wildman–Crippen LogP) is 1.39. The fourth-order valence-electron chi connectivity index (χ4n) is 3.11. The molecule has 1 saturated carbocycles. The molecule has 0 aromatic rings. The molecule has 0 bridgehead atoms. The highest BCUT2D eigenvalue weighted by molar-refractivity contribution is 7.87. The molecule has 0 aromatic carbocycles. The third-order valence-electron chi connectivity index (χ3n) is 4.33. The van der Waals surface area contributed by atoms with Gasteiger partial charge in [-0.3, -0.25) is 0 Å². The molecule has 0 spiro atoms. The molecular formula is C13H26N2O3S. The molecule has 3 unspecified atom stereocenters. The number of aliphatic hydroxyl groups excluding tert-OH is 1. The van der Waals surface area contributed by atoms with Crippen LogP contribution in [0.2, 0.25) is 0 Å². The van der Waals surface area contributed by atoms with Gasteiger partial charge in [-0.2, -0.15) is 17.4 Å². The van der Waals surface area contributed by atoms with Crippen LogP contribution in [0.1, 0.15) is 58.3 Å². The highest BCUT2D eigenvalue weighted by atomic mass is 32.2. The van der Waals surface area contributed by atoms with Gasteiger partial charge >= 0.3 is 0 Å². The number of nitrogens with one attached hydrogen (secondary N) is 1. The second-order valence-electron chi connectivity index (χ2n) is 5.89. The van der Waals surface area contributed by atoms with Crippen LogP contribution in [0.5, 0.6) is 0 Å². The highest BCUT2D eigenvalue weighted by Gasteiger charge is 2.33. The molecule has 6 heteroatoms. The lowest BCUT2D eigenvalue weighted by Gasteiger charge is -2.34. The second-order valence-corrected chi connectivity index (χ2v) is 7.55. The lowest BCUT2D eigenvalue weighted by Crippen LogP contribution is -2.53.